The molecule has 0 saturated heterocycles. The Kier molecular flexibility index (Phi) is 5.21. The van der Waals surface area contributed by atoms with Gasteiger partial charge in [-0.2, -0.15) is 10.4 Å². The number of aromatic nitrogens is 2. The molecule has 1 amide bonds. The van der Waals surface area contributed by atoms with E-state index in [9.17, 15) is 4.79 Å². The molecular formula is C14H19ClN4O2. The summed E-state index contributed by atoms with van der Waals surface area (Å²) in [5, 5.41) is 13.2. The average Bonchev–Trinajstić information content (AvgIpc) is 2.80. The summed E-state index contributed by atoms with van der Waals surface area (Å²) >= 11 is 5.71. The van der Waals surface area contributed by atoms with E-state index in [2.05, 4.69) is 11.2 Å². The second kappa shape index (κ2) is 6.92. The molecule has 1 aromatic heterocycles. The monoisotopic (exact) mass is 310 g/mol. The van der Waals surface area contributed by atoms with Gasteiger partial charge in [-0.05, 0) is 19.8 Å². The van der Waals surface area contributed by atoms with Gasteiger partial charge in [0.2, 0.25) is 5.91 Å². The normalized spacial score (nSPS) is 20.7. The lowest BCUT2D eigenvalue weighted by molar-refractivity contribution is -0.137. The standard InChI is InChI=1S/C14H19ClN4O2/c1-3-21-12-4-11(5-12)19(14(20)6-15)9-13-10(7-16)8-17-18(13)2/h8,11-12H,3-6,9H2,1-2H3. The second-order valence-electron chi connectivity index (χ2n) is 5.10. The van der Waals surface area contributed by atoms with E-state index in [0.717, 1.165) is 18.5 Å². The molecule has 0 N–H and O–H groups in total. The minimum absolute atomic E-state index is 0.0600. The van der Waals surface area contributed by atoms with Crippen molar-refractivity contribution in [3.63, 3.8) is 0 Å². The fraction of sp³-hybridized carbons (Fsp3) is 0.643. The summed E-state index contributed by atoms with van der Waals surface area (Å²) in [6.45, 7) is 3.00. The van der Waals surface area contributed by atoms with Gasteiger partial charge in [0.25, 0.3) is 0 Å². The predicted molar refractivity (Wildman–Crippen MR) is 77.6 cm³/mol. The highest BCUT2D eigenvalue weighted by molar-refractivity contribution is 6.27. The van der Waals surface area contributed by atoms with Gasteiger partial charge >= 0.3 is 0 Å². The number of rotatable bonds is 6. The van der Waals surface area contributed by atoms with Gasteiger partial charge in [0, 0.05) is 19.7 Å². The maximum absolute atomic E-state index is 12.1. The van der Waals surface area contributed by atoms with Gasteiger partial charge in [-0.25, -0.2) is 0 Å². The van der Waals surface area contributed by atoms with Gasteiger partial charge in [0.15, 0.2) is 0 Å². The van der Waals surface area contributed by atoms with Gasteiger partial charge in [0.1, 0.15) is 11.9 Å². The third-order valence-corrected chi connectivity index (χ3v) is 4.08. The molecule has 0 spiro atoms. The number of nitrogens with zero attached hydrogens (tertiary/aromatic N) is 4. The SMILES string of the molecule is CCOC1CC(N(Cc2c(C#N)cnn2C)C(=O)CCl)C1. The zero-order valence-electron chi connectivity index (χ0n) is 12.3. The maximum atomic E-state index is 12.1. The number of alkyl halides is 1. The van der Waals surface area contributed by atoms with Crippen molar-refractivity contribution in [1.82, 2.24) is 14.7 Å². The number of amides is 1. The zero-order chi connectivity index (χ0) is 15.4. The lowest BCUT2D eigenvalue weighted by Crippen LogP contribution is -2.51. The van der Waals surface area contributed by atoms with Crippen LogP contribution in [0.1, 0.15) is 31.0 Å². The molecule has 0 atom stereocenters. The molecule has 2 rings (SSSR count). The van der Waals surface area contributed by atoms with Crippen molar-refractivity contribution in [1.29, 1.82) is 5.26 Å². The van der Waals surface area contributed by atoms with Crippen molar-refractivity contribution in [3.8, 4) is 6.07 Å². The number of nitriles is 1. The van der Waals surface area contributed by atoms with Crippen LogP contribution in [0.15, 0.2) is 6.20 Å². The van der Waals surface area contributed by atoms with Crippen molar-refractivity contribution in [2.45, 2.75) is 38.5 Å². The summed E-state index contributed by atoms with van der Waals surface area (Å²) < 4.78 is 7.17. The van der Waals surface area contributed by atoms with Crippen LogP contribution >= 0.6 is 11.6 Å². The third-order valence-electron chi connectivity index (χ3n) is 3.85. The van der Waals surface area contributed by atoms with E-state index in [-0.39, 0.29) is 23.9 Å². The lowest BCUT2D eigenvalue weighted by Gasteiger charge is -2.42. The largest absolute Gasteiger partial charge is 0.378 e. The average molecular weight is 311 g/mol. The van der Waals surface area contributed by atoms with Crippen LogP contribution in [0, 0.1) is 11.3 Å². The Hall–Kier alpha value is -1.58. The Morgan fingerprint density at radius 1 is 1.67 bits per heavy atom. The lowest BCUT2D eigenvalue weighted by atomic mass is 9.87. The molecule has 7 heteroatoms. The van der Waals surface area contributed by atoms with E-state index in [4.69, 9.17) is 21.6 Å². The van der Waals surface area contributed by atoms with Crippen LogP contribution < -0.4 is 0 Å². The van der Waals surface area contributed by atoms with Crippen LogP contribution in [0.2, 0.25) is 0 Å². The van der Waals surface area contributed by atoms with Gasteiger partial charge in [-0.1, -0.05) is 0 Å². The van der Waals surface area contributed by atoms with Crippen molar-refractivity contribution in [2.24, 2.45) is 7.05 Å². The van der Waals surface area contributed by atoms with Crippen molar-refractivity contribution in [3.05, 3.63) is 17.5 Å². The van der Waals surface area contributed by atoms with Crippen LogP contribution in [0.3, 0.4) is 0 Å². The van der Waals surface area contributed by atoms with Crippen LogP contribution in [0.4, 0.5) is 0 Å². The molecular weight excluding hydrogens is 292 g/mol. The number of carbonyl (C=O) groups excluding carboxylic acids is 1. The highest BCUT2D eigenvalue weighted by Crippen LogP contribution is 2.30. The van der Waals surface area contributed by atoms with E-state index < -0.39 is 0 Å². The van der Waals surface area contributed by atoms with Crippen LogP contribution in [-0.4, -0.2) is 45.2 Å². The molecule has 21 heavy (non-hydrogen) atoms. The minimum Gasteiger partial charge on any atom is -0.378 e. The fourth-order valence-electron chi connectivity index (χ4n) is 2.57. The quantitative estimate of drug-likeness (QED) is 0.745. The van der Waals surface area contributed by atoms with E-state index in [1.54, 1.807) is 16.6 Å². The zero-order valence-corrected chi connectivity index (χ0v) is 13.0. The summed E-state index contributed by atoms with van der Waals surface area (Å²) in [6, 6.07) is 2.22. The van der Waals surface area contributed by atoms with E-state index in [1.165, 1.54) is 6.20 Å². The topological polar surface area (TPSA) is 71.2 Å². The third kappa shape index (κ3) is 3.36. The molecule has 1 aliphatic carbocycles. The van der Waals surface area contributed by atoms with Crippen LogP contribution in [-0.2, 0) is 23.1 Å². The number of aryl methyl sites for hydroxylation is 1. The molecule has 0 unspecified atom stereocenters. The fourth-order valence-corrected chi connectivity index (χ4v) is 2.72. The Bertz CT molecular complexity index is 546. The Morgan fingerprint density at radius 3 is 2.95 bits per heavy atom. The predicted octanol–water partition coefficient (Wildman–Crippen LogP) is 1.43. The van der Waals surface area contributed by atoms with Gasteiger partial charge in [0.05, 0.1) is 30.1 Å². The second-order valence-corrected chi connectivity index (χ2v) is 5.37. The first kappa shape index (κ1) is 15.8. The molecule has 0 bridgehead atoms. The number of carbonyl (C=O) groups is 1. The molecule has 1 heterocycles. The Morgan fingerprint density at radius 2 is 2.38 bits per heavy atom. The summed E-state index contributed by atoms with van der Waals surface area (Å²) in [5.41, 5.74) is 1.22. The first-order valence-corrected chi connectivity index (χ1v) is 7.52. The van der Waals surface area contributed by atoms with Gasteiger partial charge in [-0.3, -0.25) is 9.48 Å². The molecule has 0 radical (unpaired) electrons. The molecule has 6 nitrogen and oxygen atoms in total. The number of hydrogen-bond donors (Lipinski definition) is 0. The highest BCUT2D eigenvalue weighted by atomic mass is 35.5. The van der Waals surface area contributed by atoms with E-state index >= 15 is 0 Å². The Labute approximate surface area is 129 Å². The highest BCUT2D eigenvalue weighted by Gasteiger charge is 2.36. The number of ether oxygens (including phenoxy) is 1. The van der Waals surface area contributed by atoms with Gasteiger partial charge in [-0.15, -0.1) is 11.6 Å². The first-order valence-electron chi connectivity index (χ1n) is 6.98. The van der Waals surface area contributed by atoms with Crippen LogP contribution in [0.5, 0.6) is 0 Å². The number of halogens is 1. The molecule has 0 aromatic carbocycles. The van der Waals surface area contributed by atoms with E-state index in [1.807, 2.05) is 6.92 Å². The van der Waals surface area contributed by atoms with Crippen molar-refractivity contribution < 1.29 is 9.53 Å². The molecule has 1 fully saturated rings. The smallest absolute Gasteiger partial charge is 0.238 e. The first-order chi connectivity index (χ1) is 10.1. The molecule has 0 aliphatic heterocycles. The molecule has 1 saturated carbocycles. The molecule has 114 valence electrons. The summed E-state index contributed by atoms with van der Waals surface area (Å²) in [6.07, 6.45) is 3.36. The van der Waals surface area contributed by atoms with E-state index in [0.29, 0.717) is 18.7 Å². The molecule has 1 aliphatic rings. The Balaban J connectivity index is 2.10. The molecule has 1 aromatic rings. The van der Waals surface area contributed by atoms with Crippen molar-refractivity contribution >= 4 is 17.5 Å². The minimum atomic E-state index is -0.123. The summed E-state index contributed by atoms with van der Waals surface area (Å²) in [4.78, 5) is 13.8. The van der Waals surface area contributed by atoms with Crippen molar-refractivity contribution in [2.75, 3.05) is 12.5 Å². The van der Waals surface area contributed by atoms with Gasteiger partial charge < -0.3 is 9.64 Å². The summed E-state index contributed by atoms with van der Waals surface area (Å²) in [5.74, 6) is -0.183. The van der Waals surface area contributed by atoms with Crippen LogP contribution in [0.25, 0.3) is 0 Å². The number of hydrogen-bond acceptors (Lipinski definition) is 4. The maximum Gasteiger partial charge on any atom is 0.238 e. The summed E-state index contributed by atoms with van der Waals surface area (Å²) in [7, 11) is 1.77.